The molecule has 0 N–H and O–H groups in total. The zero-order chi connectivity index (χ0) is 14.5. The molecule has 0 bridgehead atoms. The highest BCUT2D eigenvalue weighted by Gasteiger charge is 2.34. The van der Waals surface area contributed by atoms with Gasteiger partial charge in [-0.25, -0.2) is 0 Å². The molecule has 0 radical (unpaired) electrons. The zero-order valence-electron chi connectivity index (χ0n) is 11.8. The number of carbonyl (C=O) groups is 2. The lowest BCUT2D eigenvalue weighted by Crippen LogP contribution is -2.38. The van der Waals surface area contributed by atoms with Crippen molar-refractivity contribution in [3.8, 4) is 0 Å². The van der Waals surface area contributed by atoms with E-state index < -0.39 is 0 Å². The topological polar surface area (TPSA) is 46.6 Å². The minimum atomic E-state index is -0.339. The lowest BCUT2D eigenvalue weighted by Gasteiger charge is -2.21. The Morgan fingerprint density at radius 2 is 1.95 bits per heavy atom. The van der Waals surface area contributed by atoms with Crippen molar-refractivity contribution in [2.75, 3.05) is 19.4 Å². The highest BCUT2D eigenvalue weighted by atomic mass is 32.2. The van der Waals surface area contributed by atoms with Crippen LogP contribution in [-0.2, 0) is 9.53 Å². The van der Waals surface area contributed by atoms with Gasteiger partial charge in [-0.15, -0.1) is 11.8 Å². The molecule has 4 nitrogen and oxygen atoms in total. The molecule has 1 fully saturated rings. The van der Waals surface area contributed by atoms with Gasteiger partial charge in [-0.3, -0.25) is 9.59 Å². The molecule has 0 atom stereocenters. The fourth-order valence-corrected chi connectivity index (χ4v) is 2.41. The lowest BCUT2D eigenvalue weighted by atomic mass is 10.2. The minimum Gasteiger partial charge on any atom is -0.465 e. The van der Waals surface area contributed by atoms with Gasteiger partial charge >= 0.3 is 5.97 Å². The van der Waals surface area contributed by atoms with E-state index in [1.807, 2.05) is 30.5 Å². The maximum atomic E-state index is 12.5. The van der Waals surface area contributed by atoms with E-state index in [1.54, 1.807) is 23.6 Å². The molecule has 0 unspecified atom stereocenters. The summed E-state index contributed by atoms with van der Waals surface area (Å²) in [6.45, 7) is 2.15. The van der Waals surface area contributed by atoms with Crippen molar-refractivity contribution < 1.29 is 14.3 Å². The maximum Gasteiger partial charge on any atom is 0.325 e. The molecule has 1 saturated carbocycles. The Kier molecular flexibility index (Phi) is 5.06. The Labute approximate surface area is 123 Å². The van der Waals surface area contributed by atoms with Gasteiger partial charge < -0.3 is 9.64 Å². The van der Waals surface area contributed by atoms with E-state index in [0.717, 1.165) is 17.7 Å². The first kappa shape index (κ1) is 14.9. The molecule has 0 saturated heterocycles. The molecule has 108 valence electrons. The highest BCUT2D eigenvalue weighted by Crippen LogP contribution is 2.28. The smallest absolute Gasteiger partial charge is 0.325 e. The van der Waals surface area contributed by atoms with E-state index in [2.05, 4.69) is 0 Å². The van der Waals surface area contributed by atoms with E-state index in [1.165, 1.54) is 0 Å². The van der Waals surface area contributed by atoms with E-state index >= 15 is 0 Å². The minimum absolute atomic E-state index is 0.0433. The van der Waals surface area contributed by atoms with Crippen LogP contribution in [0, 0.1) is 0 Å². The summed E-state index contributed by atoms with van der Waals surface area (Å²) in [5.41, 5.74) is 0.624. The number of benzene rings is 1. The van der Waals surface area contributed by atoms with Crippen molar-refractivity contribution in [2.45, 2.75) is 30.7 Å². The van der Waals surface area contributed by atoms with E-state index in [4.69, 9.17) is 4.74 Å². The molecular formula is C15H19NO3S. The highest BCUT2D eigenvalue weighted by molar-refractivity contribution is 7.98. The molecule has 1 aromatic carbocycles. The summed E-state index contributed by atoms with van der Waals surface area (Å²) < 4.78 is 4.94. The summed E-state index contributed by atoms with van der Waals surface area (Å²) in [5.74, 6) is -0.429. The molecule has 1 aromatic rings. The summed E-state index contributed by atoms with van der Waals surface area (Å²) in [6, 6.07) is 7.66. The Morgan fingerprint density at radius 1 is 1.30 bits per heavy atom. The second kappa shape index (κ2) is 6.79. The van der Waals surface area contributed by atoms with Gasteiger partial charge in [0, 0.05) is 16.5 Å². The number of carbonyl (C=O) groups excluding carboxylic acids is 2. The van der Waals surface area contributed by atoms with Crippen molar-refractivity contribution >= 4 is 23.6 Å². The molecule has 1 amide bonds. The van der Waals surface area contributed by atoms with E-state index in [9.17, 15) is 9.59 Å². The molecular weight excluding hydrogens is 274 g/mol. The quantitative estimate of drug-likeness (QED) is 0.597. The first-order valence-corrected chi connectivity index (χ1v) is 7.98. The zero-order valence-corrected chi connectivity index (χ0v) is 12.6. The van der Waals surface area contributed by atoms with Crippen LogP contribution in [0.3, 0.4) is 0 Å². The Balaban J connectivity index is 2.07. The van der Waals surface area contributed by atoms with Gasteiger partial charge in [0.05, 0.1) is 6.61 Å². The van der Waals surface area contributed by atoms with Gasteiger partial charge in [0.15, 0.2) is 0 Å². The van der Waals surface area contributed by atoms with Crippen LogP contribution in [0.5, 0.6) is 0 Å². The Hall–Kier alpha value is -1.49. The molecule has 5 heteroatoms. The van der Waals surface area contributed by atoms with Gasteiger partial charge in [-0.05, 0) is 50.3 Å². The predicted octanol–water partition coefficient (Wildman–Crippen LogP) is 2.58. The van der Waals surface area contributed by atoms with E-state index in [-0.39, 0.29) is 24.5 Å². The van der Waals surface area contributed by atoms with Crippen LogP contribution in [0.1, 0.15) is 30.1 Å². The SMILES string of the molecule is CCOC(=O)CN(C(=O)c1ccc(SC)cc1)C1CC1. The van der Waals surface area contributed by atoms with Crippen LogP contribution in [0.2, 0.25) is 0 Å². The van der Waals surface area contributed by atoms with Crippen LogP contribution >= 0.6 is 11.8 Å². The van der Waals surface area contributed by atoms with Crippen LogP contribution in [-0.4, -0.2) is 42.2 Å². The van der Waals surface area contributed by atoms with Gasteiger partial charge in [-0.2, -0.15) is 0 Å². The van der Waals surface area contributed by atoms with Crippen molar-refractivity contribution in [3.05, 3.63) is 29.8 Å². The fourth-order valence-electron chi connectivity index (χ4n) is 2.00. The van der Waals surface area contributed by atoms with Gasteiger partial charge in [0.1, 0.15) is 6.54 Å². The monoisotopic (exact) mass is 293 g/mol. The van der Waals surface area contributed by atoms with Crippen LogP contribution in [0.4, 0.5) is 0 Å². The predicted molar refractivity (Wildman–Crippen MR) is 78.9 cm³/mol. The largest absolute Gasteiger partial charge is 0.465 e. The van der Waals surface area contributed by atoms with Gasteiger partial charge in [0.25, 0.3) is 5.91 Å². The first-order valence-electron chi connectivity index (χ1n) is 6.76. The number of hydrogen-bond donors (Lipinski definition) is 0. The lowest BCUT2D eigenvalue weighted by molar-refractivity contribution is -0.144. The fraction of sp³-hybridized carbons (Fsp3) is 0.467. The summed E-state index contributed by atoms with van der Waals surface area (Å²) in [5, 5.41) is 0. The third kappa shape index (κ3) is 3.76. The average Bonchev–Trinajstić information content (AvgIpc) is 3.29. The molecule has 20 heavy (non-hydrogen) atoms. The second-order valence-electron chi connectivity index (χ2n) is 4.70. The van der Waals surface area contributed by atoms with Crippen molar-refractivity contribution in [3.63, 3.8) is 0 Å². The molecule has 0 spiro atoms. The summed E-state index contributed by atoms with van der Waals surface area (Å²) in [6.07, 6.45) is 3.93. The van der Waals surface area contributed by atoms with Gasteiger partial charge in [-0.1, -0.05) is 0 Å². The van der Waals surface area contributed by atoms with Crippen LogP contribution in [0.15, 0.2) is 29.2 Å². The molecule has 1 aliphatic rings. The first-order chi connectivity index (χ1) is 9.65. The summed E-state index contributed by atoms with van der Waals surface area (Å²) in [7, 11) is 0. The number of hydrogen-bond acceptors (Lipinski definition) is 4. The second-order valence-corrected chi connectivity index (χ2v) is 5.58. The number of esters is 1. The molecule has 2 rings (SSSR count). The Bertz CT molecular complexity index is 482. The number of amides is 1. The number of thioether (sulfide) groups is 1. The third-order valence-electron chi connectivity index (χ3n) is 3.19. The molecule has 1 aliphatic carbocycles. The summed E-state index contributed by atoms with van der Waals surface area (Å²) in [4.78, 5) is 26.8. The summed E-state index contributed by atoms with van der Waals surface area (Å²) >= 11 is 1.63. The van der Waals surface area contributed by atoms with Crippen molar-refractivity contribution in [2.24, 2.45) is 0 Å². The third-order valence-corrected chi connectivity index (χ3v) is 3.93. The van der Waals surface area contributed by atoms with Crippen molar-refractivity contribution in [1.82, 2.24) is 4.90 Å². The van der Waals surface area contributed by atoms with Crippen LogP contribution < -0.4 is 0 Å². The standard InChI is InChI=1S/C15H19NO3S/c1-3-19-14(17)10-16(12-6-7-12)15(18)11-4-8-13(20-2)9-5-11/h4-5,8-9,12H,3,6-7,10H2,1-2H3. The average molecular weight is 293 g/mol. The van der Waals surface area contributed by atoms with Crippen molar-refractivity contribution in [1.29, 1.82) is 0 Å². The van der Waals surface area contributed by atoms with Crippen LogP contribution in [0.25, 0.3) is 0 Å². The number of rotatable bonds is 6. The normalized spacial score (nSPS) is 13.9. The van der Waals surface area contributed by atoms with Gasteiger partial charge in [0.2, 0.25) is 0 Å². The molecule has 0 aromatic heterocycles. The number of ether oxygens (including phenoxy) is 1. The maximum absolute atomic E-state index is 12.5. The molecule has 0 heterocycles. The molecule has 0 aliphatic heterocycles. The Morgan fingerprint density at radius 3 is 2.45 bits per heavy atom. The number of nitrogens with zero attached hydrogens (tertiary/aromatic N) is 1. The van der Waals surface area contributed by atoms with E-state index in [0.29, 0.717) is 12.2 Å².